The third-order valence-corrected chi connectivity index (χ3v) is 4.14. The molecule has 0 aromatic carbocycles. The summed E-state index contributed by atoms with van der Waals surface area (Å²) in [5, 5.41) is 12.3. The Morgan fingerprint density at radius 3 is 2.77 bits per heavy atom. The molecule has 0 aliphatic heterocycles. The predicted octanol–water partition coefficient (Wildman–Crippen LogP) is 1.49. The lowest BCUT2D eigenvalue weighted by Gasteiger charge is -2.37. The van der Waals surface area contributed by atoms with Crippen LogP contribution >= 0.6 is 11.8 Å². The number of hydrogen-bond donors (Lipinski definition) is 0. The second kappa shape index (κ2) is 3.29. The molecule has 0 atom stereocenters. The highest BCUT2D eigenvalue weighted by Crippen LogP contribution is 2.43. The molecule has 0 radical (unpaired) electrons. The number of thioether (sulfide) groups is 1. The van der Waals surface area contributed by atoms with Crippen molar-refractivity contribution in [3.05, 3.63) is 0 Å². The molecule has 72 valence electrons. The Morgan fingerprint density at radius 1 is 1.54 bits per heavy atom. The first kappa shape index (κ1) is 8.99. The summed E-state index contributed by atoms with van der Waals surface area (Å²) in [5.41, 5.74) is 0.538. The van der Waals surface area contributed by atoms with Crippen LogP contribution in [0.1, 0.15) is 26.2 Å². The Hall–Kier alpha value is -0.580. The van der Waals surface area contributed by atoms with Gasteiger partial charge in [0.15, 0.2) is 0 Å². The van der Waals surface area contributed by atoms with E-state index >= 15 is 0 Å². The first-order chi connectivity index (χ1) is 6.20. The van der Waals surface area contributed by atoms with Crippen molar-refractivity contribution in [1.82, 2.24) is 20.2 Å². The fourth-order valence-corrected chi connectivity index (χ4v) is 2.59. The van der Waals surface area contributed by atoms with E-state index in [4.69, 9.17) is 0 Å². The zero-order valence-corrected chi connectivity index (χ0v) is 8.84. The first-order valence-corrected chi connectivity index (χ1v) is 5.53. The average molecular weight is 198 g/mol. The zero-order valence-electron chi connectivity index (χ0n) is 8.03. The minimum Gasteiger partial charge on any atom is -0.224 e. The van der Waals surface area contributed by atoms with Gasteiger partial charge in [-0.2, -0.15) is 0 Å². The summed E-state index contributed by atoms with van der Waals surface area (Å²) < 4.78 is 1.73. The summed E-state index contributed by atoms with van der Waals surface area (Å²) in [7, 11) is 1.88. The molecule has 1 aliphatic carbocycles. The van der Waals surface area contributed by atoms with Gasteiger partial charge in [-0.1, -0.05) is 25.1 Å². The van der Waals surface area contributed by atoms with Crippen LogP contribution < -0.4 is 0 Å². The minimum absolute atomic E-state index is 0.538. The molecule has 1 aromatic rings. The summed E-state index contributed by atoms with van der Waals surface area (Å²) >= 11 is 1.76. The van der Waals surface area contributed by atoms with Crippen molar-refractivity contribution in [3.8, 4) is 0 Å². The average Bonchev–Trinajstić information content (AvgIpc) is 2.44. The summed E-state index contributed by atoms with van der Waals surface area (Å²) in [4.78, 5) is 0. The van der Waals surface area contributed by atoms with Gasteiger partial charge in [0.05, 0.1) is 0 Å². The Labute approximate surface area is 82.1 Å². The smallest absolute Gasteiger partial charge is 0.209 e. The van der Waals surface area contributed by atoms with Gasteiger partial charge >= 0.3 is 0 Å². The van der Waals surface area contributed by atoms with E-state index in [0.29, 0.717) is 5.41 Å². The van der Waals surface area contributed by atoms with Crippen LogP contribution in [0.3, 0.4) is 0 Å². The highest BCUT2D eigenvalue weighted by atomic mass is 32.2. The molecule has 1 saturated carbocycles. The second-order valence-electron chi connectivity index (χ2n) is 4.04. The van der Waals surface area contributed by atoms with E-state index in [1.165, 1.54) is 19.3 Å². The van der Waals surface area contributed by atoms with Gasteiger partial charge in [0.25, 0.3) is 0 Å². The van der Waals surface area contributed by atoms with Crippen LogP contribution in [0.5, 0.6) is 0 Å². The molecule has 13 heavy (non-hydrogen) atoms. The lowest BCUT2D eigenvalue weighted by atomic mass is 9.72. The maximum absolute atomic E-state index is 3.94. The quantitative estimate of drug-likeness (QED) is 0.690. The number of aryl methyl sites for hydroxylation is 1. The van der Waals surface area contributed by atoms with E-state index < -0.39 is 0 Å². The van der Waals surface area contributed by atoms with Gasteiger partial charge in [-0.05, 0) is 28.7 Å². The third kappa shape index (κ3) is 1.85. The molecule has 1 aliphatic rings. The van der Waals surface area contributed by atoms with Gasteiger partial charge in [0.1, 0.15) is 0 Å². The molecule has 0 saturated heterocycles. The van der Waals surface area contributed by atoms with Crippen LogP contribution in [-0.2, 0) is 7.05 Å². The fourth-order valence-electron chi connectivity index (χ4n) is 1.51. The van der Waals surface area contributed by atoms with Crippen LogP contribution in [0.4, 0.5) is 0 Å². The topological polar surface area (TPSA) is 43.6 Å². The zero-order chi connectivity index (χ0) is 9.31. The summed E-state index contributed by atoms with van der Waals surface area (Å²) in [6, 6.07) is 0. The molecule has 1 fully saturated rings. The molecule has 0 N–H and O–H groups in total. The summed E-state index contributed by atoms with van der Waals surface area (Å²) in [5.74, 6) is 1.14. The van der Waals surface area contributed by atoms with Crippen molar-refractivity contribution in [2.24, 2.45) is 12.5 Å². The van der Waals surface area contributed by atoms with E-state index in [2.05, 4.69) is 22.4 Å². The van der Waals surface area contributed by atoms with Gasteiger partial charge < -0.3 is 0 Å². The standard InChI is InChI=1S/C8H14N4S/c1-8(4-3-5-8)6-13-7-9-10-11-12(7)2/h3-6H2,1-2H3. The van der Waals surface area contributed by atoms with Crippen molar-refractivity contribution in [2.75, 3.05) is 5.75 Å². The minimum atomic E-state index is 0.538. The van der Waals surface area contributed by atoms with Gasteiger partial charge in [-0.3, -0.25) is 0 Å². The van der Waals surface area contributed by atoms with Crippen molar-refractivity contribution >= 4 is 11.8 Å². The molecule has 0 amide bonds. The normalized spacial score (nSPS) is 19.8. The largest absolute Gasteiger partial charge is 0.224 e. The van der Waals surface area contributed by atoms with Gasteiger partial charge in [0, 0.05) is 12.8 Å². The molecular formula is C8H14N4S. The fraction of sp³-hybridized carbons (Fsp3) is 0.875. The summed E-state index contributed by atoms with van der Waals surface area (Å²) in [6.45, 7) is 2.34. The molecule has 1 aromatic heterocycles. The second-order valence-corrected chi connectivity index (χ2v) is 4.98. The van der Waals surface area contributed by atoms with E-state index in [1.54, 1.807) is 16.4 Å². The molecule has 2 rings (SSSR count). The maximum atomic E-state index is 3.94. The number of aromatic nitrogens is 4. The number of hydrogen-bond acceptors (Lipinski definition) is 4. The Kier molecular flexibility index (Phi) is 2.27. The molecule has 0 unspecified atom stereocenters. The Bertz CT molecular complexity index is 292. The summed E-state index contributed by atoms with van der Waals surface area (Å²) in [6.07, 6.45) is 4.09. The number of rotatable bonds is 3. The SMILES string of the molecule is Cn1nnnc1SCC1(C)CCC1. The van der Waals surface area contributed by atoms with Crippen molar-refractivity contribution in [1.29, 1.82) is 0 Å². The van der Waals surface area contributed by atoms with Crippen LogP contribution in [0, 0.1) is 5.41 Å². The van der Waals surface area contributed by atoms with E-state index in [9.17, 15) is 0 Å². The van der Waals surface area contributed by atoms with Crippen molar-refractivity contribution < 1.29 is 0 Å². The Morgan fingerprint density at radius 2 is 2.31 bits per heavy atom. The third-order valence-electron chi connectivity index (χ3n) is 2.69. The molecular weight excluding hydrogens is 184 g/mol. The van der Waals surface area contributed by atoms with Crippen molar-refractivity contribution in [3.63, 3.8) is 0 Å². The predicted molar refractivity (Wildman–Crippen MR) is 51.5 cm³/mol. The lowest BCUT2D eigenvalue weighted by molar-refractivity contribution is 0.197. The van der Waals surface area contributed by atoms with E-state index in [0.717, 1.165) is 10.9 Å². The van der Waals surface area contributed by atoms with Gasteiger partial charge in [-0.25, -0.2) is 4.68 Å². The van der Waals surface area contributed by atoms with Gasteiger partial charge in [0.2, 0.25) is 5.16 Å². The van der Waals surface area contributed by atoms with E-state index in [1.807, 2.05) is 7.05 Å². The Balaban J connectivity index is 1.89. The molecule has 0 bridgehead atoms. The van der Waals surface area contributed by atoms with Crippen LogP contribution in [-0.4, -0.2) is 26.0 Å². The van der Waals surface area contributed by atoms with Crippen molar-refractivity contribution in [2.45, 2.75) is 31.3 Å². The first-order valence-electron chi connectivity index (χ1n) is 4.55. The lowest BCUT2D eigenvalue weighted by Crippen LogP contribution is -2.28. The van der Waals surface area contributed by atoms with Crippen LogP contribution in [0.15, 0.2) is 5.16 Å². The van der Waals surface area contributed by atoms with Crippen LogP contribution in [0.25, 0.3) is 0 Å². The molecule has 1 heterocycles. The molecule has 5 heteroatoms. The van der Waals surface area contributed by atoms with Gasteiger partial charge in [-0.15, -0.1) is 5.10 Å². The monoisotopic (exact) mass is 198 g/mol. The molecule has 0 spiro atoms. The molecule has 4 nitrogen and oxygen atoms in total. The number of tetrazole rings is 1. The highest BCUT2D eigenvalue weighted by molar-refractivity contribution is 7.99. The maximum Gasteiger partial charge on any atom is 0.209 e. The van der Waals surface area contributed by atoms with Crippen LogP contribution in [0.2, 0.25) is 0 Å². The van der Waals surface area contributed by atoms with E-state index in [-0.39, 0.29) is 0 Å². The number of nitrogens with zero attached hydrogens (tertiary/aromatic N) is 4. The highest BCUT2D eigenvalue weighted by Gasteiger charge is 2.32.